The Labute approximate surface area is 309 Å². The molecule has 1 aromatic heterocycles. The molecule has 0 spiro atoms. The average Bonchev–Trinajstić information content (AvgIpc) is 3.15. The van der Waals surface area contributed by atoms with Crippen LogP contribution in [0.15, 0.2) is 79.2 Å². The van der Waals surface area contributed by atoms with Crippen molar-refractivity contribution in [2.45, 2.75) is 57.6 Å². The van der Waals surface area contributed by atoms with E-state index in [1.165, 1.54) is 13.1 Å². The van der Waals surface area contributed by atoms with Crippen LogP contribution >= 0.6 is 11.6 Å². The molecule has 0 bridgehead atoms. The van der Waals surface area contributed by atoms with E-state index < -0.39 is 35.2 Å². The molecular formula is C39H47ClN4O8. The first-order valence-electron chi connectivity index (χ1n) is 17.0. The maximum Gasteiger partial charge on any atom is 0.326 e. The minimum Gasteiger partial charge on any atom is -0.488 e. The van der Waals surface area contributed by atoms with E-state index in [1.54, 1.807) is 24.4 Å². The van der Waals surface area contributed by atoms with Gasteiger partial charge in [0.05, 0.1) is 29.9 Å². The van der Waals surface area contributed by atoms with Crippen molar-refractivity contribution in [1.29, 1.82) is 5.26 Å². The van der Waals surface area contributed by atoms with Crippen molar-refractivity contribution < 1.29 is 39.4 Å². The molecule has 4 rings (SSSR count). The smallest absolute Gasteiger partial charge is 0.326 e. The van der Waals surface area contributed by atoms with Gasteiger partial charge in [0.25, 0.3) is 0 Å². The number of ether oxygens (including phenoxy) is 3. The molecule has 52 heavy (non-hydrogen) atoms. The molecule has 3 atom stereocenters. The number of benzene rings is 2. The van der Waals surface area contributed by atoms with Gasteiger partial charge in [-0.15, -0.1) is 0 Å². The fourth-order valence-electron chi connectivity index (χ4n) is 5.72. The van der Waals surface area contributed by atoms with Crippen molar-refractivity contribution in [2.24, 2.45) is 5.41 Å². The predicted molar refractivity (Wildman–Crippen MR) is 197 cm³/mol. The van der Waals surface area contributed by atoms with Gasteiger partial charge in [-0.3, -0.25) is 15.1 Å². The van der Waals surface area contributed by atoms with E-state index in [-0.39, 0.29) is 37.9 Å². The van der Waals surface area contributed by atoms with Gasteiger partial charge in [0, 0.05) is 54.7 Å². The molecular weight excluding hydrogens is 688 g/mol. The lowest BCUT2D eigenvalue weighted by Crippen LogP contribution is -2.52. The lowest BCUT2D eigenvalue weighted by Gasteiger charge is -2.47. The molecule has 0 fully saturated rings. The van der Waals surface area contributed by atoms with Crippen LogP contribution in [0.1, 0.15) is 49.4 Å². The van der Waals surface area contributed by atoms with Crippen LogP contribution in [0.4, 0.5) is 0 Å². The summed E-state index contributed by atoms with van der Waals surface area (Å²) in [5, 5.41) is 53.8. The Kier molecular flexibility index (Phi) is 14.3. The van der Waals surface area contributed by atoms with Crippen molar-refractivity contribution in [3.05, 3.63) is 106 Å². The van der Waals surface area contributed by atoms with Gasteiger partial charge in [0.1, 0.15) is 41.9 Å². The van der Waals surface area contributed by atoms with Crippen molar-refractivity contribution in [1.82, 2.24) is 15.6 Å². The summed E-state index contributed by atoms with van der Waals surface area (Å²) in [6.07, 6.45) is 8.84. The largest absolute Gasteiger partial charge is 0.488 e. The van der Waals surface area contributed by atoms with Crippen LogP contribution in [-0.2, 0) is 22.7 Å². The predicted octanol–water partition coefficient (Wildman–Crippen LogP) is 4.26. The third kappa shape index (κ3) is 9.96. The van der Waals surface area contributed by atoms with Crippen LogP contribution < -0.4 is 20.1 Å². The highest BCUT2D eigenvalue weighted by molar-refractivity contribution is 6.32. The first-order chi connectivity index (χ1) is 24.9. The standard InChI is InChI=1S/C39H47ClN4O8/c1-37(2)32(29-9-5-4-6-10-29)11-7-12-39(37,52-14-8-13-42-22-31(47)23-45)26-51-35-17-34(50-24-28-15-27(18-41)19-43-20-28)30(16-33(35)40)21-44-38(3,25-46)36(48)49/h4-7,9-12,15-17,19-20,31,42,44-47H,8,13-14,21-26H2,1-3H3,(H,48,49). The number of nitrogens with zero attached hydrogens (tertiary/aromatic N) is 2. The zero-order chi connectivity index (χ0) is 37.8. The Bertz CT molecular complexity index is 1760. The zero-order valence-electron chi connectivity index (χ0n) is 29.6. The highest BCUT2D eigenvalue weighted by atomic mass is 35.5. The number of pyridine rings is 1. The molecule has 12 nitrogen and oxygen atoms in total. The summed E-state index contributed by atoms with van der Waals surface area (Å²) < 4.78 is 19.4. The van der Waals surface area contributed by atoms with Crippen molar-refractivity contribution in [2.75, 3.05) is 39.5 Å². The van der Waals surface area contributed by atoms with E-state index >= 15 is 0 Å². The summed E-state index contributed by atoms with van der Waals surface area (Å²) in [4.78, 5) is 16.0. The molecule has 0 radical (unpaired) electrons. The number of nitriles is 1. The van der Waals surface area contributed by atoms with Crippen molar-refractivity contribution in [3.63, 3.8) is 0 Å². The van der Waals surface area contributed by atoms with Gasteiger partial charge in [-0.25, -0.2) is 0 Å². The molecule has 3 unspecified atom stereocenters. The molecule has 0 aliphatic heterocycles. The monoisotopic (exact) mass is 734 g/mol. The van der Waals surface area contributed by atoms with Crippen LogP contribution in [-0.4, -0.2) is 88.1 Å². The number of aromatic nitrogens is 1. The number of aliphatic hydroxyl groups excluding tert-OH is 3. The third-order valence-corrected chi connectivity index (χ3v) is 9.52. The second-order valence-electron chi connectivity index (χ2n) is 13.4. The molecule has 0 saturated carbocycles. The Balaban J connectivity index is 1.63. The number of aliphatic hydroxyl groups is 3. The molecule has 1 aliphatic rings. The lowest BCUT2D eigenvalue weighted by molar-refractivity contribution is -0.145. The Morgan fingerprint density at radius 3 is 2.58 bits per heavy atom. The SMILES string of the molecule is CC(CO)(NCc1cc(Cl)c(OCC2(OCCCNCC(O)CO)C=CC=C(c3ccccc3)C2(C)C)cc1OCc1cncc(C#N)c1)C(=O)O. The number of allylic oxidation sites excluding steroid dienone is 2. The number of carboxylic acids is 1. The number of hydrogen-bond donors (Lipinski definition) is 6. The molecule has 278 valence electrons. The van der Waals surface area contributed by atoms with Gasteiger partial charge < -0.3 is 40.0 Å². The lowest BCUT2D eigenvalue weighted by atomic mass is 9.65. The number of hydrogen-bond acceptors (Lipinski definition) is 11. The maximum absolute atomic E-state index is 11.9. The van der Waals surface area contributed by atoms with Crippen LogP contribution in [0.3, 0.4) is 0 Å². The number of carbonyl (C=O) groups is 1. The Morgan fingerprint density at radius 1 is 1.12 bits per heavy atom. The third-order valence-electron chi connectivity index (χ3n) is 9.23. The van der Waals surface area contributed by atoms with E-state index in [0.29, 0.717) is 47.8 Å². The quantitative estimate of drug-likeness (QED) is 0.0908. The summed E-state index contributed by atoms with van der Waals surface area (Å²) in [6, 6.07) is 17.0. The van der Waals surface area contributed by atoms with E-state index in [2.05, 4.69) is 53.7 Å². The van der Waals surface area contributed by atoms with Gasteiger partial charge in [-0.1, -0.05) is 67.9 Å². The molecule has 0 saturated heterocycles. The first kappa shape index (κ1) is 40.5. The highest BCUT2D eigenvalue weighted by Gasteiger charge is 2.49. The average molecular weight is 735 g/mol. The minimum absolute atomic E-state index is 0.00735. The fraction of sp³-hybridized carbons (Fsp3) is 0.410. The molecule has 6 N–H and O–H groups in total. The molecule has 2 aromatic carbocycles. The number of nitrogens with one attached hydrogen (secondary N) is 2. The number of carboxylic acid groups (broad SMARTS) is 1. The normalized spacial score (nSPS) is 18.2. The van der Waals surface area contributed by atoms with Gasteiger partial charge in [0.2, 0.25) is 0 Å². The van der Waals surface area contributed by atoms with Crippen LogP contribution in [0, 0.1) is 16.7 Å². The van der Waals surface area contributed by atoms with Crippen LogP contribution in [0.5, 0.6) is 11.5 Å². The van der Waals surface area contributed by atoms with E-state index in [4.69, 9.17) is 30.9 Å². The number of aliphatic carboxylic acids is 1. The zero-order valence-corrected chi connectivity index (χ0v) is 30.4. The summed E-state index contributed by atoms with van der Waals surface area (Å²) in [5.74, 6) is -0.580. The van der Waals surface area contributed by atoms with E-state index in [0.717, 1.165) is 11.1 Å². The van der Waals surface area contributed by atoms with E-state index in [1.807, 2.05) is 30.4 Å². The first-order valence-corrected chi connectivity index (χ1v) is 17.4. The van der Waals surface area contributed by atoms with Gasteiger partial charge in [0.15, 0.2) is 0 Å². The molecule has 1 heterocycles. The minimum atomic E-state index is -1.62. The topological polar surface area (TPSA) is 186 Å². The van der Waals surface area contributed by atoms with Crippen molar-refractivity contribution in [3.8, 4) is 17.6 Å². The molecule has 0 amide bonds. The van der Waals surface area contributed by atoms with Gasteiger partial charge in [-0.05, 0) is 49.2 Å². The molecule has 13 heteroatoms. The summed E-state index contributed by atoms with van der Waals surface area (Å²) in [7, 11) is 0. The van der Waals surface area contributed by atoms with Crippen molar-refractivity contribution >= 4 is 23.1 Å². The second kappa shape index (κ2) is 18.4. The summed E-state index contributed by atoms with van der Waals surface area (Å²) >= 11 is 6.83. The summed E-state index contributed by atoms with van der Waals surface area (Å²) in [6.45, 7) is 5.89. The number of rotatable bonds is 20. The molecule has 3 aromatic rings. The van der Waals surface area contributed by atoms with Crippen LogP contribution in [0.2, 0.25) is 5.02 Å². The van der Waals surface area contributed by atoms with Crippen LogP contribution in [0.25, 0.3) is 5.57 Å². The van der Waals surface area contributed by atoms with E-state index in [9.17, 15) is 25.4 Å². The highest BCUT2D eigenvalue weighted by Crippen LogP contribution is 2.49. The van der Waals surface area contributed by atoms with Gasteiger partial charge >= 0.3 is 5.97 Å². The number of halogens is 1. The Hall–Kier alpha value is -4.32. The van der Waals surface area contributed by atoms with Gasteiger partial charge in [-0.2, -0.15) is 5.26 Å². The fourth-order valence-corrected chi connectivity index (χ4v) is 5.97. The molecule has 1 aliphatic carbocycles. The maximum atomic E-state index is 11.9. The summed E-state index contributed by atoms with van der Waals surface area (Å²) in [5.41, 5.74) is 0.450. The second-order valence-corrected chi connectivity index (χ2v) is 13.8. The Morgan fingerprint density at radius 2 is 1.88 bits per heavy atom.